The minimum Gasteiger partial charge on any atom is -0.493 e. The zero-order chi connectivity index (χ0) is 27.5. The van der Waals surface area contributed by atoms with Crippen LogP contribution in [-0.2, 0) is 0 Å². The van der Waals surface area contributed by atoms with Crippen LogP contribution in [0.5, 0.6) is 11.5 Å². The molecule has 0 saturated heterocycles. The Hall–Kier alpha value is -4.61. The van der Waals surface area contributed by atoms with E-state index in [9.17, 15) is 0 Å². The second-order valence-corrected chi connectivity index (χ2v) is 11.8. The quantitative estimate of drug-likeness (QED) is 0.206. The smallest absolute Gasteiger partial charge is 0.161 e. The lowest BCUT2D eigenvalue weighted by Gasteiger charge is -2.13. The van der Waals surface area contributed by atoms with Crippen molar-refractivity contribution >= 4 is 38.4 Å². The highest BCUT2D eigenvalue weighted by Gasteiger charge is 2.30. The van der Waals surface area contributed by atoms with Gasteiger partial charge < -0.3 is 9.47 Å². The van der Waals surface area contributed by atoms with Crippen molar-refractivity contribution in [2.24, 2.45) is 0 Å². The molecule has 0 unspecified atom stereocenters. The molecule has 3 heterocycles. The van der Waals surface area contributed by atoms with E-state index < -0.39 is 0 Å². The van der Waals surface area contributed by atoms with Crippen LogP contribution in [-0.4, -0.2) is 23.8 Å². The molecule has 0 atom stereocenters. The lowest BCUT2D eigenvalue weighted by Crippen LogP contribution is -1.99. The molecule has 5 heteroatoms. The monoisotopic (exact) mass is 552 g/mol. The van der Waals surface area contributed by atoms with Crippen LogP contribution in [0.15, 0.2) is 103 Å². The lowest BCUT2D eigenvalue weighted by molar-refractivity contribution is 0.356. The number of thiophene rings is 1. The molecule has 8 rings (SSSR count). The van der Waals surface area contributed by atoms with Crippen LogP contribution in [0.25, 0.3) is 59.2 Å². The van der Waals surface area contributed by atoms with Crippen LogP contribution in [0.1, 0.15) is 24.5 Å². The number of hydrogen-bond acceptors (Lipinski definition) is 4. The Morgan fingerprint density at radius 1 is 0.707 bits per heavy atom. The molecule has 0 spiro atoms. The summed E-state index contributed by atoms with van der Waals surface area (Å²) < 4.78 is 13.7. The lowest BCUT2D eigenvalue weighted by atomic mass is 9.99. The molecule has 1 aliphatic carbocycles. The number of fused-ring (bicyclic) bond motifs is 4. The van der Waals surface area contributed by atoms with Gasteiger partial charge in [0, 0.05) is 27.4 Å². The average molecular weight is 553 g/mol. The Kier molecular flexibility index (Phi) is 5.61. The van der Waals surface area contributed by atoms with Crippen molar-refractivity contribution < 1.29 is 9.47 Å². The highest BCUT2D eigenvalue weighted by molar-refractivity contribution is 7.19. The number of methoxy groups -OCH3 is 2. The molecule has 41 heavy (non-hydrogen) atoms. The van der Waals surface area contributed by atoms with Gasteiger partial charge in [-0.25, -0.2) is 4.52 Å². The van der Waals surface area contributed by atoms with E-state index in [1.165, 1.54) is 39.7 Å². The van der Waals surface area contributed by atoms with Gasteiger partial charge in [-0.05, 0) is 70.5 Å². The molecule has 1 aliphatic rings. The first-order valence-corrected chi connectivity index (χ1v) is 14.8. The van der Waals surface area contributed by atoms with E-state index >= 15 is 0 Å². The Morgan fingerprint density at radius 2 is 1.44 bits per heavy atom. The van der Waals surface area contributed by atoms with E-state index in [-0.39, 0.29) is 0 Å². The third kappa shape index (κ3) is 3.92. The summed E-state index contributed by atoms with van der Waals surface area (Å²) in [4.78, 5) is 2.40. The van der Waals surface area contributed by atoms with Crippen LogP contribution in [0.2, 0.25) is 0 Å². The number of ether oxygens (including phenoxy) is 2. The summed E-state index contributed by atoms with van der Waals surface area (Å²) in [5.74, 6) is 1.98. The van der Waals surface area contributed by atoms with Crippen LogP contribution < -0.4 is 9.47 Å². The third-order valence-electron chi connectivity index (χ3n) is 8.20. The van der Waals surface area contributed by atoms with E-state index in [4.69, 9.17) is 14.6 Å². The number of nitrogens with zero attached hydrogens (tertiary/aromatic N) is 2. The standard InChI is InChI=1S/C36H28N2O2S/c1-39-30-20-25-19-29(23-15-16-23)38-36(28(25)21-31(30)40-2)34(24-10-4-3-5-11-24)35(37-38)33-18-17-32(41-33)27-14-8-12-22-9-6-7-13-26(22)27/h3-14,17-21,23H,15-16H2,1-2H3. The largest absolute Gasteiger partial charge is 0.493 e. The number of rotatable bonds is 6. The normalized spacial score (nSPS) is 13.3. The van der Waals surface area contributed by atoms with Gasteiger partial charge >= 0.3 is 0 Å². The summed E-state index contributed by atoms with van der Waals surface area (Å²) in [6.07, 6.45) is 2.38. The zero-order valence-corrected chi connectivity index (χ0v) is 23.7. The fourth-order valence-electron chi connectivity index (χ4n) is 6.06. The molecule has 0 radical (unpaired) electrons. The van der Waals surface area contributed by atoms with Crippen LogP contribution in [0.4, 0.5) is 0 Å². The fourth-order valence-corrected chi connectivity index (χ4v) is 7.10. The van der Waals surface area contributed by atoms with E-state index in [1.807, 2.05) is 0 Å². The maximum atomic E-state index is 5.76. The van der Waals surface area contributed by atoms with Gasteiger partial charge in [-0.3, -0.25) is 0 Å². The number of aromatic nitrogens is 2. The summed E-state index contributed by atoms with van der Waals surface area (Å²) in [5, 5.41) is 10.2. The molecule has 0 aliphatic heterocycles. The predicted molar refractivity (Wildman–Crippen MR) is 169 cm³/mol. The highest BCUT2D eigenvalue weighted by atomic mass is 32.1. The highest BCUT2D eigenvalue weighted by Crippen LogP contribution is 2.48. The molecule has 0 bridgehead atoms. The molecular weight excluding hydrogens is 524 g/mol. The zero-order valence-electron chi connectivity index (χ0n) is 22.9. The summed E-state index contributed by atoms with van der Waals surface area (Å²) in [7, 11) is 3.39. The predicted octanol–water partition coefficient (Wildman–Crippen LogP) is 9.60. The van der Waals surface area contributed by atoms with Gasteiger partial charge in [0.25, 0.3) is 0 Å². The molecule has 0 amide bonds. The van der Waals surface area contributed by atoms with Crippen molar-refractivity contribution in [1.29, 1.82) is 0 Å². The second-order valence-electron chi connectivity index (χ2n) is 10.7. The molecule has 200 valence electrons. The fraction of sp³-hybridized carbons (Fsp3) is 0.139. The van der Waals surface area contributed by atoms with Gasteiger partial charge in [0.15, 0.2) is 11.5 Å². The first-order valence-electron chi connectivity index (χ1n) is 14.0. The maximum absolute atomic E-state index is 5.76. The molecule has 4 nitrogen and oxygen atoms in total. The van der Waals surface area contributed by atoms with E-state index in [2.05, 4.69) is 108 Å². The first-order chi connectivity index (χ1) is 20.2. The third-order valence-corrected chi connectivity index (χ3v) is 9.32. The average Bonchev–Trinajstić information content (AvgIpc) is 3.61. The summed E-state index contributed by atoms with van der Waals surface area (Å²) in [6, 6.07) is 36.8. The van der Waals surface area contributed by atoms with Gasteiger partial charge in [-0.2, -0.15) is 5.10 Å². The number of pyridine rings is 1. The first kappa shape index (κ1) is 24.2. The molecule has 1 saturated carbocycles. The Labute approximate surface area is 242 Å². The van der Waals surface area contributed by atoms with Gasteiger partial charge in [-0.1, -0.05) is 72.8 Å². The van der Waals surface area contributed by atoms with Gasteiger partial charge in [-0.15, -0.1) is 11.3 Å². The Balaban J connectivity index is 1.43. The minimum absolute atomic E-state index is 0.515. The van der Waals surface area contributed by atoms with Crippen LogP contribution in [0, 0.1) is 0 Å². The Bertz CT molecular complexity index is 2080. The van der Waals surface area contributed by atoms with Gasteiger partial charge in [0.1, 0.15) is 5.69 Å². The second kappa shape index (κ2) is 9.50. The topological polar surface area (TPSA) is 35.8 Å². The van der Waals surface area contributed by atoms with Crippen molar-refractivity contribution in [3.05, 3.63) is 109 Å². The van der Waals surface area contributed by atoms with Crippen LogP contribution in [0.3, 0.4) is 0 Å². The van der Waals surface area contributed by atoms with E-state index in [0.29, 0.717) is 5.92 Å². The van der Waals surface area contributed by atoms with Crippen molar-refractivity contribution in [2.45, 2.75) is 18.8 Å². The van der Waals surface area contributed by atoms with Crippen molar-refractivity contribution in [3.63, 3.8) is 0 Å². The van der Waals surface area contributed by atoms with Crippen molar-refractivity contribution in [2.75, 3.05) is 14.2 Å². The minimum atomic E-state index is 0.515. The van der Waals surface area contributed by atoms with Crippen LogP contribution >= 0.6 is 11.3 Å². The van der Waals surface area contributed by atoms with Gasteiger partial charge in [0.05, 0.1) is 24.6 Å². The van der Waals surface area contributed by atoms with Crippen molar-refractivity contribution in [1.82, 2.24) is 9.61 Å². The van der Waals surface area contributed by atoms with E-state index in [0.717, 1.165) is 49.5 Å². The molecule has 1 fully saturated rings. The number of benzene rings is 4. The maximum Gasteiger partial charge on any atom is 0.161 e. The summed E-state index contributed by atoms with van der Waals surface area (Å²) >= 11 is 1.81. The molecule has 3 aromatic heterocycles. The van der Waals surface area contributed by atoms with Crippen molar-refractivity contribution in [3.8, 4) is 43.6 Å². The number of hydrogen-bond donors (Lipinski definition) is 0. The van der Waals surface area contributed by atoms with Gasteiger partial charge in [0.2, 0.25) is 0 Å². The van der Waals surface area contributed by atoms with E-state index in [1.54, 1.807) is 25.6 Å². The molecular formula is C36H28N2O2S. The Morgan fingerprint density at radius 3 is 2.24 bits per heavy atom. The SMILES string of the molecule is COc1cc2cc(C3CC3)n3nc(-c4ccc(-c5cccc6ccccc56)s4)c(-c4ccccc4)c3c2cc1OC. The molecule has 0 N–H and O–H groups in total. The molecule has 7 aromatic rings. The summed E-state index contributed by atoms with van der Waals surface area (Å²) in [6.45, 7) is 0. The summed E-state index contributed by atoms with van der Waals surface area (Å²) in [5.41, 5.74) is 6.95. The molecule has 4 aromatic carbocycles.